The number of benzene rings is 1. The van der Waals surface area contributed by atoms with E-state index >= 15 is 0 Å². The highest BCUT2D eigenvalue weighted by atomic mass is 35.5. The van der Waals surface area contributed by atoms with E-state index in [0.29, 0.717) is 5.02 Å². The summed E-state index contributed by atoms with van der Waals surface area (Å²) in [5.41, 5.74) is 0.286. The number of carbonyl (C=O) groups is 2. The molecule has 0 aliphatic heterocycles. The van der Waals surface area contributed by atoms with Crippen molar-refractivity contribution < 1.29 is 18.0 Å². The van der Waals surface area contributed by atoms with Crippen LogP contribution >= 0.6 is 23.2 Å². The molecule has 9 heteroatoms. The number of anilines is 1. The molecule has 0 saturated heterocycles. The number of amides is 2. The standard InChI is InChI=1S/C13H16Cl2N2O4S/c1-8(18)16-11(5-6-22(2,20)21)13(19)17-12-7-9(14)3-4-10(12)15/h3-4,7,11H,5-6H2,1-2H3,(H,16,18)(H,17,19)/t11-/m1/s1. The number of hydrogen-bond donors (Lipinski definition) is 2. The van der Waals surface area contributed by atoms with E-state index in [9.17, 15) is 18.0 Å². The highest BCUT2D eigenvalue weighted by Gasteiger charge is 2.22. The maximum Gasteiger partial charge on any atom is 0.247 e. The van der Waals surface area contributed by atoms with Crippen LogP contribution in [0.5, 0.6) is 0 Å². The van der Waals surface area contributed by atoms with E-state index in [0.717, 1.165) is 6.26 Å². The Morgan fingerprint density at radius 3 is 2.45 bits per heavy atom. The van der Waals surface area contributed by atoms with Crippen LogP contribution in [0.1, 0.15) is 13.3 Å². The first-order valence-electron chi connectivity index (χ1n) is 6.29. The fourth-order valence-corrected chi connectivity index (χ4v) is 2.66. The highest BCUT2D eigenvalue weighted by Crippen LogP contribution is 2.25. The van der Waals surface area contributed by atoms with Crippen molar-refractivity contribution in [3.05, 3.63) is 28.2 Å². The molecule has 0 spiro atoms. The summed E-state index contributed by atoms with van der Waals surface area (Å²) < 4.78 is 22.4. The van der Waals surface area contributed by atoms with E-state index in [1.54, 1.807) is 6.07 Å². The largest absolute Gasteiger partial charge is 0.345 e. The molecule has 0 aliphatic rings. The van der Waals surface area contributed by atoms with Crippen LogP contribution in [0.15, 0.2) is 18.2 Å². The minimum absolute atomic E-state index is 0.0393. The second kappa shape index (κ2) is 7.80. The van der Waals surface area contributed by atoms with Gasteiger partial charge in [0.1, 0.15) is 15.9 Å². The molecular formula is C13H16Cl2N2O4S. The highest BCUT2D eigenvalue weighted by molar-refractivity contribution is 7.90. The third-order valence-electron chi connectivity index (χ3n) is 2.66. The van der Waals surface area contributed by atoms with Crippen molar-refractivity contribution in [2.75, 3.05) is 17.3 Å². The lowest BCUT2D eigenvalue weighted by Gasteiger charge is -2.17. The van der Waals surface area contributed by atoms with Crippen LogP contribution in [-0.4, -0.2) is 38.3 Å². The van der Waals surface area contributed by atoms with Gasteiger partial charge in [0.15, 0.2) is 0 Å². The lowest BCUT2D eigenvalue weighted by Crippen LogP contribution is -2.44. The first kappa shape index (κ1) is 18.7. The van der Waals surface area contributed by atoms with Crippen molar-refractivity contribution >= 4 is 50.5 Å². The Hall–Kier alpha value is -1.31. The predicted molar refractivity (Wildman–Crippen MR) is 87.0 cm³/mol. The summed E-state index contributed by atoms with van der Waals surface area (Å²) in [6, 6.07) is 3.56. The Morgan fingerprint density at radius 1 is 1.27 bits per heavy atom. The maximum absolute atomic E-state index is 12.2. The van der Waals surface area contributed by atoms with Gasteiger partial charge in [-0.05, 0) is 24.6 Å². The van der Waals surface area contributed by atoms with Crippen LogP contribution < -0.4 is 10.6 Å². The summed E-state index contributed by atoms with van der Waals surface area (Å²) in [6.45, 7) is 1.24. The van der Waals surface area contributed by atoms with Gasteiger partial charge in [-0.3, -0.25) is 9.59 Å². The van der Waals surface area contributed by atoms with E-state index in [2.05, 4.69) is 10.6 Å². The van der Waals surface area contributed by atoms with Gasteiger partial charge >= 0.3 is 0 Å². The first-order valence-corrected chi connectivity index (χ1v) is 9.11. The Balaban J connectivity index is 2.86. The van der Waals surface area contributed by atoms with Crippen molar-refractivity contribution in [1.29, 1.82) is 0 Å². The third-order valence-corrected chi connectivity index (χ3v) is 4.20. The molecule has 0 fully saturated rings. The smallest absolute Gasteiger partial charge is 0.247 e. The van der Waals surface area contributed by atoms with E-state index in [4.69, 9.17) is 23.2 Å². The van der Waals surface area contributed by atoms with Gasteiger partial charge in [-0.15, -0.1) is 0 Å². The average Bonchev–Trinajstić information content (AvgIpc) is 2.37. The van der Waals surface area contributed by atoms with Crippen molar-refractivity contribution in [2.45, 2.75) is 19.4 Å². The van der Waals surface area contributed by atoms with Gasteiger partial charge in [0.25, 0.3) is 0 Å². The van der Waals surface area contributed by atoms with E-state index in [-0.39, 0.29) is 22.9 Å². The van der Waals surface area contributed by atoms with Gasteiger partial charge in [-0.25, -0.2) is 8.42 Å². The lowest BCUT2D eigenvalue weighted by atomic mass is 10.2. The van der Waals surface area contributed by atoms with Crippen LogP contribution in [0, 0.1) is 0 Å². The van der Waals surface area contributed by atoms with Crippen LogP contribution in [0.3, 0.4) is 0 Å². The zero-order chi connectivity index (χ0) is 16.9. The minimum Gasteiger partial charge on any atom is -0.345 e. The number of nitrogens with one attached hydrogen (secondary N) is 2. The van der Waals surface area contributed by atoms with E-state index in [1.807, 2.05) is 0 Å². The number of sulfone groups is 1. The Bertz CT molecular complexity index is 677. The van der Waals surface area contributed by atoms with Crippen molar-refractivity contribution in [3.8, 4) is 0 Å². The van der Waals surface area contributed by atoms with Gasteiger partial charge < -0.3 is 10.6 Å². The normalized spacial score (nSPS) is 12.5. The molecule has 0 bridgehead atoms. The Morgan fingerprint density at radius 2 is 1.91 bits per heavy atom. The summed E-state index contributed by atoms with van der Waals surface area (Å²) in [4.78, 5) is 23.4. The summed E-state index contributed by atoms with van der Waals surface area (Å²) in [5, 5.41) is 5.60. The minimum atomic E-state index is -3.25. The molecule has 2 amide bonds. The quantitative estimate of drug-likeness (QED) is 0.803. The molecule has 122 valence electrons. The third kappa shape index (κ3) is 6.64. The first-order chi connectivity index (χ1) is 10.1. The number of halogens is 2. The summed E-state index contributed by atoms with van der Waals surface area (Å²) in [7, 11) is -3.25. The lowest BCUT2D eigenvalue weighted by molar-refractivity contribution is -0.125. The molecule has 0 aromatic heterocycles. The molecule has 1 aromatic rings. The van der Waals surface area contributed by atoms with Gasteiger partial charge in [-0.1, -0.05) is 23.2 Å². The molecular weight excluding hydrogens is 351 g/mol. The van der Waals surface area contributed by atoms with Gasteiger partial charge in [-0.2, -0.15) is 0 Å². The predicted octanol–water partition coefficient (Wildman–Crippen LogP) is 1.87. The summed E-state index contributed by atoms with van der Waals surface area (Å²) >= 11 is 11.8. The number of hydrogen-bond acceptors (Lipinski definition) is 4. The fraction of sp³-hybridized carbons (Fsp3) is 0.385. The molecule has 1 aromatic carbocycles. The van der Waals surface area contributed by atoms with Crippen molar-refractivity contribution in [1.82, 2.24) is 5.32 Å². The molecule has 0 saturated carbocycles. The molecule has 0 heterocycles. The molecule has 0 radical (unpaired) electrons. The van der Waals surface area contributed by atoms with Crippen LogP contribution in [-0.2, 0) is 19.4 Å². The zero-order valence-electron chi connectivity index (χ0n) is 12.0. The SMILES string of the molecule is CC(=O)N[C@H](CCS(C)(=O)=O)C(=O)Nc1cc(Cl)ccc1Cl. The fourth-order valence-electron chi connectivity index (χ4n) is 1.66. The molecule has 22 heavy (non-hydrogen) atoms. The molecule has 0 aliphatic carbocycles. The second-order valence-electron chi connectivity index (χ2n) is 4.79. The summed E-state index contributed by atoms with van der Waals surface area (Å²) in [6.07, 6.45) is 1.02. The van der Waals surface area contributed by atoms with Crippen LogP contribution in [0.4, 0.5) is 5.69 Å². The monoisotopic (exact) mass is 366 g/mol. The van der Waals surface area contributed by atoms with Crippen molar-refractivity contribution in [2.24, 2.45) is 0 Å². The Kier molecular flexibility index (Phi) is 6.65. The molecule has 6 nitrogen and oxygen atoms in total. The molecule has 1 rings (SSSR count). The van der Waals surface area contributed by atoms with Crippen LogP contribution in [0.2, 0.25) is 10.0 Å². The zero-order valence-corrected chi connectivity index (χ0v) is 14.3. The average molecular weight is 367 g/mol. The molecule has 0 unspecified atom stereocenters. The van der Waals surface area contributed by atoms with Gasteiger partial charge in [0, 0.05) is 18.2 Å². The molecule has 1 atom stereocenters. The van der Waals surface area contributed by atoms with Crippen molar-refractivity contribution in [3.63, 3.8) is 0 Å². The van der Waals surface area contributed by atoms with Crippen LogP contribution in [0.25, 0.3) is 0 Å². The summed E-state index contributed by atoms with van der Waals surface area (Å²) in [5.74, 6) is -1.23. The Labute approximate surface area is 139 Å². The number of carbonyl (C=O) groups excluding carboxylic acids is 2. The topological polar surface area (TPSA) is 92.3 Å². The van der Waals surface area contributed by atoms with Gasteiger partial charge in [0.05, 0.1) is 16.5 Å². The number of rotatable bonds is 6. The van der Waals surface area contributed by atoms with E-state index < -0.39 is 27.7 Å². The second-order valence-corrected chi connectivity index (χ2v) is 7.89. The molecule has 2 N–H and O–H groups in total. The maximum atomic E-state index is 12.2. The van der Waals surface area contributed by atoms with Gasteiger partial charge in [0.2, 0.25) is 11.8 Å². The van der Waals surface area contributed by atoms with E-state index in [1.165, 1.54) is 19.1 Å².